The monoisotopic (exact) mass is 986 g/mol. The molecule has 0 aliphatic heterocycles. The van der Waals surface area contributed by atoms with Crippen LogP contribution in [0.1, 0.15) is 73.9 Å². The summed E-state index contributed by atoms with van der Waals surface area (Å²) in [6, 6.07) is 83.9. The van der Waals surface area contributed by atoms with E-state index < -0.39 is 0 Å². The van der Waals surface area contributed by atoms with E-state index in [9.17, 15) is 0 Å². The second-order valence-electron chi connectivity index (χ2n) is 22.8. The number of para-hydroxylation sites is 3. The molecule has 0 bridgehead atoms. The van der Waals surface area contributed by atoms with Crippen LogP contribution < -0.4 is 4.90 Å². The van der Waals surface area contributed by atoms with E-state index in [-0.39, 0.29) is 10.8 Å². The van der Waals surface area contributed by atoms with E-state index in [1.807, 2.05) is 0 Å². The number of hydrogen-bond donors (Lipinski definition) is 0. The van der Waals surface area contributed by atoms with Crippen LogP contribution in [0, 0.1) is 0 Å². The van der Waals surface area contributed by atoms with Crippen LogP contribution in [0.4, 0.5) is 17.1 Å². The fourth-order valence-corrected chi connectivity index (χ4v) is 14.1. The summed E-state index contributed by atoms with van der Waals surface area (Å²) in [6.07, 6.45) is 2.09. The Morgan fingerprint density at radius 1 is 0.364 bits per heavy atom. The van der Waals surface area contributed by atoms with Crippen LogP contribution >= 0.6 is 0 Å². The molecule has 77 heavy (non-hydrogen) atoms. The number of benzene rings is 10. The van der Waals surface area contributed by atoms with Crippen LogP contribution in [0.15, 0.2) is 231 Å². The lowest BCUT2D eigenvalue weighted by atomic mass is 9.82. The van der Waals surface area contributed by atoms with Gasteiger partial charge in [-0.3, -0.25) is 4.98 Å². The zero-order valence-electron chi connectivity index (χ0n) is 43.8. The lowest BCUT2D eigenvalue weighted by Crippen LogP contribution is -2.18. The van der Waals surface area contributed by atoms with Crippen molar-refractivity contribution in [1.29, 1.82) is 0 Å². The van der Waals surface area contributed by atoms with E-state index in [1.54, 1.807) is 0 Å². The van der Waals surface area contributed by atoms with E-state index in [2.05, 4.69) is 279 Å². The second-order valence-corrected chi connectivity index (χ2v) is 22.8. The minimum Gasteiger partial charge on any atom is -0.310 e. The molecule has 4 heteroatoms. The van der Waals surface area contributed by atoms with Crippen molar-refractivity contribution in [2.75, 3.05) is 4.90 Å². The number of pyridine rings is 1. The largest absolute Gasteiger partial charge is 0.310 e. The first-order chi connectivity index (χ1) is 37.6. The first-order valence-corrected chi connectivity index (χ1v) is 27.2. The molecule has 3 heterocycles. The fourth-order valence-electron chi connectivity index (χ4n) is 14.1. The zero-order chi connectivity index (χ0) is 51.5. The first-order valence-electron chi connectivity index (χ1n) is 27.2. The average molecular weight is 987 g/mol. The Morgan fingerprint density at radius 2 is 0.857 bits per heavy atom. The summed E-state index contributed by atoms with van der Waals surface area (Å²) in [4.78, 5) is 7.91. The minimum atomic E-state index is -0.334. The van der Waals surface area contributed by atoms with Gasteiger partial charge in [0.25, 0.3) is 0 Å². The molecule has 0 fully saturated rings. The fraction of sp³-hybridized carbons (Fsp3) is 0.110. The average Bonchev–Trinajstić information content (AvgIpc) is 4.36. The highest BCUT2D eigenvalue weighted by Gasteiger charge is 2.39. The topological polar surface area (TPSA) is 26.0 Å². The predicted octanol–water partition coefficient (Wildman–Crippen LogP) is 19.2. The molecule has 16 rings (SSSR count). The van der Waals surface area contributed by atoms with Crippen molar-refractivity contribution in [3.8, 4) is 56.0 Å². The molecule has 3 aromatic heterocycles. The van der Waals surface area contributed by atoms with Gasteiger partial charge in [0, 0.05) is 66.6 Å². The Balaban J connectivity index is 0.799. The van der Waals surface area contributed by atoms with Crippen LogP contribution in [0.5, 0.6) is 0 Å². The van der Waals surface area contributed by atoms with Gasteiger partial charge in [-0.05, 0) is 158 Å². The third-order valence-electron chi connectivity index (χ3n) is 18.0. The maximum absolute atomic E-state index is 5.41. The van der Waals surface area contributed by atoms with Crippen LogP contribution in [0.25, 0.3) is 99.6 Å². The van der Waals surface area contributed by atoms with Crippen LogP contribution in [-0.4, -0.2) is 14.1 Å². The quantitative estimate of drug-likeness (QED) is 0.166. The number of rotatable bonds is 6. The number of fused-ring (bicyclic) bond motifs is 15. The molecule has 3 aliphatic carbocycles. The van der Waals surface area contributed by atoms with Gasteiger partial charge in [0.05, 0.1) is 39.6 Å². The van der Waals surface area contributed by atoms with Crippen molar-refractivity contribution >= 4 is 60.7 Å². The normalized spacial score (nSPS) is 15.2. The highest BCUT2D eigenvalue weighted by Crippen LogP contribution is 2.54. The molecule has 1 atom stereocenters. The van der Waals surface area contributed by atoms with Crippen molar-refractivity contribution < 1.29 is 0 Å². The Kier molecular flexibility index (Phi) is 9.10. The van der Waals surface area contributed by atoms with E-state index in [0.717, 1.165) is 34.0 Å². The Labute approximate surface area is 448 Å². The van der Waals surface area contributed by atoms with E-state index in [1.165, 1.54) is 116 Å². The molecule has 0 saturated heterocycles. The predicted molar refractivity (Wildman–Crippen MR) is 321 cm³/mol. The van der Waals surface area contributed by atoms with Crippen molar-refractivity contribution in [1.82, 2.24) is 14.1 Å². The minimum absolute atomic E-state index is 0.132. The molecule has 0 radical (unpaired) electrons. The molecule has 10 aromatic carbocycles. The van der Waals surface area contributed by atoms with Crippen LogP contribution in [0.2, 0.25) is 0 Å². The van der Waals surface area contributed by atoms with Crippen molar-refractivity contribution in [2.45, 2.75) is 51.4 Å². The van der Waals surface area contributed by atoms with Crippen molar-refractivity contribution in [3.05, 3.63) is 264 Å². The van der Waals surface area contributed by atoms with E-state index in [0.29, 0.717) is 5.92 Å². The van der Waals surface area contributed by atoms with E-state index >= 15 is 0 Å². The molecule has 1 unspecified atom stereocenters. The van der Waals surface area contributed by atoms with Gasteiger partial charge < -0.3 is 14.0 Å². The van der Waals surface area contributed by atoms with Crippen molar-refractivity contribution in [2.24, 2.45) is 0 Å². The Morgan fingerprint density at radius 3 is 1.55 bits per heavy atom. The van der Waals surface area contributed by atoms with Gasteiger partial charge in [-0.25, -0.2) is 0 Å². The van der Waals surface area contributed by atoms with Gasteiger partial charge in [0.15, 0.2) is 0 Å². The smallest absolute Gasteiger partial charge is 0.0747 e. The summed E-state index contributed by atoms with van der Waals surface area (Å²) in [6.45, 7) is 11.9. The standard InChI is InChI=1S/C73H54N4/c1-44-52-19-9-10-20-53(52)54-32-29-48(39-60(44)54)75(49-30-33-56-55-21-11-14-24-63(55)72(2,3)64(56)40-49)50-31-34-59-65(41-50)73(4,5)66-42-51(43-74-71(59)66)77-68-26-16-13-23-58(68)62-38-46(28-36-70(62)77)45-27-35-69-61(37-45)57-22-12-15-25-67(57)76(69)47-17-7-6-8-18-47/h6-44H,1-5H3. The van der Waals surface area contributed by atoms with E-state index in [4.69, 9.17) is 4.98 Å². The Bertz CT molecular complexity index is 4660. The second kappa shape index (κ2) is 15.9. The lowest BCUT2D eigenvalue weighted by Gasteiger charge is -2.30. The molecule has 13 aromatic rings. The lowest BCUT2D eigenvalue weighted by molar-refractivity contribution is 0.658. The Hall–Kier alpha value is -9.25. The molecule has 3 aliphatic rings. The van der Waals surface area contributed by atoms with Gasteiger partial charge in [0.1, 0.15) is 0 Å². The van der Waals surface area contributed by atoms with Crippen molar-refractivity contribution in [3.63, 3.8) is 0 Å². The third-order valence-corrected chi connectivity index (χ3v) is 18.0. The highest BCUT2D eigenvalue weighted by molar-refractivity contribution is 6.13. The summed E-state index contributed by atoms with van der Waals surface area (Å²) in [5.41, 5.74) is 28.0. The first kappa shape index (κ1) is 44.1. The maximum atomic E-state index is 5.41. The molecule has 366 valence electrons. The molecule has 0 amide bonds. The summed E-state index contributed by atoms with van der Waals surface area (Å²) in [5, 5.41) is 4.95. The molecular formula is C73H54N4. The van der Waals surface area contributed by atoms with Gasteiger partial charge >= 0.3 is 0 Å². The zero-order valence-corrected chi connectivity index (χ0v) is 43.8. The summed E-state index contributed by atoms with van der Waals surface area (Å²) >= 11 is 0. The number of aromatic nitrogens is 3. The molecule has 0 spiro atoms. The summed E-state index contributed by atoms with van der Waals surface area (Å²) in [5.74, 6) is 0.303. The SMILES string of the molecule is CC1c2ccccc2-c2ccc(N(c3ccc4c(c3)C(C)(C)c3ccccc3-4)c3ccc4c(c3)C(C)(C)c3cc(-n5c6ccccc6c6cc(-c7ccc8c(c7)c7ccccc7n8-c7ccccc7)ccc65)cnc3-4)cc21. The van der Waals surface area contributed by atoms with Crippen LogP contribution in [-0.2, 0) is 10.8 Å². The van der Waals surface area contributed by atoms with Crippen LogP contribution in [0.3, 0.4) is 0 Å². The maximum Gasteiger partial charge on any atom is 0.0747 e. The van der Waals surface area contributed by atoms with Gasteiger partial charge in [0.2, 0.25) is 0 Å². The van der Waals surface area contributed by atoms with Gasteiger partial charge in [-0.1, -0.05) is 168 Å². The number of anilines is 3. The summed E-state index contributed by atoms with van der Waals surface area (Å²) in [7, 11) is 0. The molecular weight excluding hydrogens is 933 g/mol. The highest BCUT2D eigenvalue weighted by atomic mass is 15.1. The molecule has 0 N–H and O–H groups in total. The molecule has 4 nitrogen and oxygen atoms in total. The van der Waals surface area contributed by atoms with Gasteiger partial charge in [-0.15, -0.1) is 0 Å². The molecule has 0 saturated carbocycles. The van der Waals surface area contributed by atoms with Gasteiger partial charge in [-0.2, -0.15) is 0 Å². The summed E-state index contributed by atoms with van der Waals surface area (Å²) < 4.78 is 4.80. The number of nitrogens with zero attached hydrogens (tertiary/aromatic N) is 4. The number of hydrogen-bond acceptors (Lipinski definition) is 2. The third kappa shape index (κ3) is 6.18.